The molecule has 1 aliphatic rings. The SMILES string of the molecule is COc1ccccc1CN1CC(c2nc(-c3ccccc3)n[nH]2)CC1=O. The van der Waals surface area contributed by atoms with Crippen LogP contribution in [0.5, 0.6) is 5.75 Å². The first-order chi connectivity index (χ1) is 12.7. The number of hydrogen-bond acceptors (Lipinski definition) is 4. The maximum Gasteiger partial charge on any atom is 0.223 e. The van der Waals surface area contributed by atoms with E-state index < -0.39 is 0 Å². The summed E-state index contributed by atoms with van der Waals surface area (Å²) >= 11 is 0. The van der Waals surface area contributed by atoms with Crippen LogP contribution in [-0.4, -0.2) is 39.6 Å². The molecule has 1 saturated heterocycles. The van der Waals surface area contributed by atoms with Gasteiger partial charge in [-0.2, -0.15) is 5.10 Å². The highest BCUT2D eigenvalue weighted by atomic mass is 16.5. The highest BCUT2D eigenvalue weighted by Gasteiger charge is 2.33. The Hall–Kier alpha value is -3.15. The first-order valence-corrected chi connectivity index (χ1v) is 8.62. The van der Waals surface area contributed by atoms with Crippen LogP contribution >= 0.6 is 0 Å². The number of methoxy groups -OCH3 is 1. The second-order valence-electron chi connectivity index (χ2n) is 6.40. The Morgan fingerprint density at radius 3 is 2.73 bits per heavy atom. The number of nitrogens with one attached hydrogen (secondary N) is 1. The zero-order chi connectivity index (χ0) is 17.9. The van der Waals surface area contributed by atoms with Crippen molar-refractivity contribution in [2.75, 3.05) is 13.7 Å². The fourth-order valence-corrected chi connectivity index (χ4v) is 3.32. The van der Waals surface area contributed by atoms with Gasteiger partial charge in [0.1, 0.15) is 11.6 Å². The Balaban J connectivity index is 1.49. The summed E-state index contributed by atoms with van der Waals surface area (Å²) in [5.41, 5.74) is 1.97. The first-order valence-electron chi connectivity index (χ1n) is 8.62. The van der Waals surface area contributed by atoms with Gasteiger partial charge in [-0.1, -0.05) is 48.5 Å². The molecule has 0 radical (unpaired) electrons. The lowest BCUT2D eigenvalue weighted by Crippen LogP contribution is -2.24. The molecule has 0 saturated carbocycles. The van der Waals surface area contributed by atoms with Crippen molar-refractivity contribution < 1.29 is 9.53 Å². The average Bonchev–Trinajstić information content (AvgIpc) is 3.30. The van der Waals surface area contributed by atoms with Crippen molar-refractivity contribution in [2.45, 2.75) is 18.9 Å². The highest BCUT2D eigenvalue weighted by molar-refractivity contribution is 5.79. The molecule has 3 aromatic rings. The monoisotopic (exact) mass is 348 g/mol. The molecule has 132 valence electrons. The lowest BCUT2D eigenvalue weighted by molar-refractivity contribution is -0.128. The number of aromatic amines is 1. The molecule has 0 bridgehead atoms. The van der Waals surface area contributed by atoms with E-state index in [1.165, 1.54) is 0 Å². The Kier molecular flexibility index (Phi) is 4.39. The van der Waals surface area contributed by atoms with Crippen molar-refractivity contribution in [3.63, 3.8) is 0 Å². The maximum absolute atomic E-state index is 12.5. The molecule has 2 heterocycles. The van der Waals surface area contributed by atoms with Crippen molar-refractivity contribution in [3.05, 3.63) is 66.0 Å². The summed E-state index contributed by atoms with van der Waals surface area (Å²) in [5, 5.41) is 7.32. The minimum Gasteiger partial charge on any atom is -0.496 e. The van der Waals surface area contributed by atoms with Crippen molar-refractivity contribution in [1.29, 1.82) is 0 Å². The predicted molar refractivity (Wildman–Crippen MR) is 97.6 cm³/mol. The molecule has 6 nitrogen and oxygen atoms in total. The number of aromatic nitrogens is 3. The topological polar surface area (TPSA) is 71.1 Å². The van der Waals surface area contributed by atoms with Gasteiger partial charge in [-0.25, -0.2) is 4.98 Å². The number of carbonyl (C=O) groups excluding carboxylic acids is 1. The normalized spacial score (nSPS) is 16.9. The number of amides is 1. The summed E-state index contributed by atoms with van der Waals surface area (Å²) in [7, 11) is 1.65. The highest BCUT2D eigenvalue weighted by Crippen LogP contribution is 2.29. The summed E-state index contributed by atoms with van der Waals surface area (Å²) in [4.78, 5) is 18.9. The molecular weight excluding hydrogens is 328 g/mol. The van der Waals surface area contributed by atoms with E-state index in [1.807, 2.05) is 59.5 Å². The smallest absolute Gasteiger partial charge is 0.223 e. The van der Waals surface area contributed by atoms with Crippen LogP contribution in [0, 0.1) is 0 Å². The van der Waals surface area contributed by atoms with E-state index in [1.54, 1.807) is 7.11 Å². The number of para-hydroxylation sites is 1. The number of ether oxygens (including phenoxy) is 1. The van der Waals surface area contributed by atoms with Crippen LogP contribution in [0.2, 0.25) is 0 Å². The van der Waals surface area contributed by atoms with E-state index in [4.69, 9.17) is 4.74 Å². The molecule has 0 spiro atoms. The van der Waals surface area contributed by atoms with E-state index >= 15 is 0 Å². The van der Waals surface area contributed by atoms with E-state index in [0.717, 1.165) is 22.7 Å². The summed E-state index contributed by atoms with van der Waals surface area (Å²) < 4.78 is 5.39. The molecule has 0 aliphatic carbocycles. The van der Waals surface area contributed by atoms with Gasteiger partial charge in [0.25, 0.3) is 0 Å². The summed E-state index contributed by atoms with van der Waals surface area (Å²) in [6, 6.07) is 17.6. The molecule has 1 fully saturated rings. The number of H-pyrrole nitrogens is 1. The van der Waals surface area contributed by atoms with Crippen LogP contribution < -0.4 is 4.74 Å². The molecular formula is C20H20N4O2. The third-order valence-electron chi connectivity index (χ3n) is 4.69. The third kappa shape index (κ3) is 3.18. The van der Waals surface area contributed by atoms with Crippen molar-refractivity contribution in [3.8, 4) is 17.1 Å². The largest absolute Gasteiger partial charge is 0.496 e. The Morgan fingerprint density at radius 2 is 1.92 bits per heavy atom. The standard InChI is InChI=1S/C20H20N4O2/c1-26-17-10-6-5-9-15(17)12-24-13-16(11-18(24)25)20-21-19(22-23-20)14-7-3-2-4-8-14/h2-10,16H,11-13H2,1H3,(H,21,22,23). The van der Waals surface area contributed by atoms with Gasteiger partial charge in [0, 0.05) is 36.6 Å². The van der Waals surface area contributed by atoms with Crippen LogP contribution in [0.3, 0.4) is 0 Å². The average molecular weight is 348 g/mol. The molecule has 1 atom stereocenters. The van der Waals surface area contributed by atoms with E-state index in [9.17, 15) is 4.79 Å². The summed E-state index contributed by atoms with van der Waals surface area (Å²) in [6.07, 6.45) is 0.443. The molecule has 1 aliphatic heterocycles. The molecule has 4 rings (SSSR count). The molecule has 1 N–H and O–H groups in total. The number of rotatable bonds is 5. The number of likely N-dealkylation sites (tertiary alicyclic amines) is 1. The third-order valence-corrected chi connectivity index (χ3v) is 4.69. The molecule has 1 aromatic heterocycles. The zero-order valence-electron chi connectivity index (χ0n) is 14.6. The number of hydrogen-bond donors (Lipinski definition) is 1. The van der Waals surface area contributed by atoms with Crippen LogP contribution in [0.15, 0.2) is 54.6 Å². The number of nitrogens with zero attached hydrogens (tertiary/aromatic N) is 3. The first kappa shape index (κ1) is 16.3. The van der Waals surface area contributed by atoms with E-state index in [0.29, 0.717) is 25.3 Å². The van der Waals surface area contributed by atoms with Gasteiger partial charge in [-0.05, 0) is 6.07 Å². The quantitative estimate of drug-likeness (QED) is 0.769. The van der Waals surface area contributed by atoms with Gasteiger partial charge in [-0.3, -0.25) is 9.89 Å². The van der Waals surface area contributed by atoms with E-state index in [2.05, 4.69) is 15.2 Å². The number of benzene rings is 2. The van der Waals surface area contributed by atoms with Crippen LogP contribution in [-0.2, 0) is 11.3 Å². The van der Waals surface area contributed by atoms with Gasteiger partial charge in [0.2, 0.25) is 5.91 Å². The molecule has 26 heavy (non-hydrogen) atoms. The minimum atomic E-state index is 0.0298. The van der Waals surface area contributed by atoms with Gasteiger partial charge < -0.3 is 9.64 Å². The van der Waals surface area contributed by atoms with Crippen molar-refractivity contribution in [2.24, 2.45) is 0 Å². The van der Waals surface area contributed by atoms with Gasteiger partial charge in [0.05, 0.1) is 7.11 Å². The van der Waals surface area contributed by atoms with Gasteiger partial charge in [-0.15, -0.1) is 0 Å². The van der Waals surface area contributed by atoms with Crippen LogP contribution in [0.25, 0.3) is 11.4 Å². The lowest BCUT2D eigenvalue weighted by atomic mass is 10.1. The predicted octanol–water partition coefficient (Wildman–Crippen LogP) is 3.00. The summed E-state index contributed by atoms with van der Waals surface area (Å²) in [6.45, 7) is 1.17. The summed E-state index contributed by atoms with van der Waals surface area (Å²) in [5.74, 6) is 2.38. The fourth-order valence-electron chi connectivity index (χ4n) is 3.32. The van der Waals surface area contributed by atoms with Gasteiger partial charge >= 0.3 is 0 Å². The Labute approximate surface area is 151 Å². The molecule has 2 aromatic carbocycles. The lowest BCUT2D eigenvalue weighted by Gasteiger charge is -2.18. The molecule has 1 amide bonds. The minimum absolute atomic E-state index is 0.0298. The molecule has 1 unspecified atom stereocenters. The Morgan fingerprint density at radius 1 is 1.15 bits per heavy atom. The molecule has 6 heteroatoms. The van der Waals surface area contributed by atoms with Crippen molar-refractivity contribution in [1.82, 2.24) is 20.1 Å². The van der Waals surface area contributed by atoms with Crippen LogP contribution in [0.4, 0.5) is 0 Å². The van der Waals surface area contributed by atoms with E-state index in [-0.39, 0.29) is 11.8 Å². The number of carbonyl (C=O) groups is 1. The zero-order valence-corrected chi connectivity index (χ0v) is 14.6. The second-order valence-corrected chi connectivity index (χ2v) is 6.40. The maximum atomic E-state index is 12.5. The second kappa shape index (κ2) is 7.00. The van der Waals surface area contributed by atoms with Crippen LogP contribution in [0.1, 0.15) is 23.7 Å². The van der Waals surface area contributed by atoms with Gasteiger partial charge in [0.15, 0.2) is 5.82 Å². The fraction of sp³-hybridized carbons (Fsp3) is 0.250. The Bertz CT molecular complexity index is 907. The van der Waals surface area contributed by atoms with Crippen molar-refractivity contribution >= 4 is 5.91 Å².